The standard InChI is InChI=1S/C35H54O7/c1-11-34(9,21-13-15-25(3)4)41-39-31-23-27(7)17-19-29(31)37-33(36)38-30-20-18-28(8)24-32(30)40-42-35(10,12-2)22-14-16-26(5)6/h17-20,23-26H,11-16,21-22H2,1-10H3. The SMILES string of the molecule is CCC(C)(CCCC(C)C)OOc1cc(C)ccc1OC(=O)Oc1ccc(C)cc1OOC(C)(CC)CCCC(C)C. The Kier molecular flexibility index (Phi) is 14.1. The van der Waals surface area contributed by atoms with Gasteiger partial charge in [0.2, 0.25) is 11.5 Å². The molecule has 2 aromatic rings. The Balaban J connectivity index is 2.10. The van der Waals surface area contributed by atoms with Gasteiger partial charge in [0.15, 0.2) is 11.5 Å². The van der Waals surface area contributed by atoms with Gasteiger partial charge < -0.3 is 19.2 Å². The van der Waals surface area contributed by atoms with Crippen LogP contribution in [0.1, 0.15) is 118 Å². The average Bonchev–Trinajstić information content (AvgIpc) is 2.93. The Bertz CT molecular complexity index is 1030. The van der Waals surface area contributed by atoms with Gasteiger partial charge in [-0.1, -0.05) is 79.4 Å². The van der Waals surface area contributed by atoms with Crippen LogP contribution >= 0.6 is 0 Å². The van der Waals surface area contributed by atoms with Gasteiger partial charge >= 0.3 is 6.16 Å². The molecule has 0 aliphatic carbocycles. The first-order chi connectivity index (χ1) is 19.8. The highest BCUT2D eigenvalue weighted by Crippen LogP contribution is 2.35. The quantitative estimate of drug-likeness (QED) is 0.0744. The first-order valence-corrected chi connectivity index (χ1v) is 15.6. The van der Waals surface area contributed by atoms with E-state index in [1.165, 1.54) is 0 Å². The molecule has 0 aliphatic heterocycles. The minimum atomic E-state index is -0.928. The summed E-state index contributed by atoms with van der Waals surface area (Å²) in [4.78, 5) is 36.3. The predicted octanol–water partition coefficient (Wildman–Crippen LogP) is 10.5. The van der Waals surface area contributed by atoms with Crippen molar-refractivity contribution in [2.75, 3.05) is 0 Å². The van der Waals surface area contributed by atoms with E-state index >= 15 is 0 Å². The lowest BCUT2D eigenvalue weighted by molar-refractivity contribution is -0.290. The summed E-state index contributed by atoms with van der Waals surface area (Å²) in [6, 6.07) is 10.5. The van der Waals surface area contributed by atoms with Crippen molar-refractivity contribution in [1.29, 1.82) is 0 Å². The molecule has 0 amide bonds. The molecule has 0 N–H and O–H groups in total. The van der Waals surface area contributed by atoms with Crippen molar-refractivity contribution in [3.05, 3.63) is 47.5 Å². The number of ether oxygens (including phenoxy) is 2. The minimum Gasteiger partial charge on any atom is -0.391 e. The number of carbonyl (C=O) groups excluding carboxylic acids is 1. The lowest BCUT2D eigenvalue weighted by Crippen LogP contribution is -2.30. The van der Waals surface area contributed by atoms with Crippen molar-refractivity contribution in [1.82, 2.24) is 0 Å². The van der Waals surface area contributed by atoms with Gasteiger partial charge in [-0.15, -0.1) is 0 Å². The number of hydrogen-bond donors (Lipinski definition) is 0. The first kappa shape index (κ1) is 35.4. The van der Waals surface area contributed by atoms with Crippen LogP contribution in [-0.2, 0) is 9.78 Å². The summed E-state index contributed by atoms with van der Waals surface area (Å²) in [5.41, 5.74) is 0.940. The fourth-order valence-corrected chi connectivity index (χ4v) is 4.34. The second kappa shape index (κ2) is 16.8. The number of aryl methyl sites for hydroxylation is 2. The highest BCUT2D eigenvalue weighted by molar-refractivity contribution is 5.69. The summed E-state index contributed by atoms with van der Waals surface area (Å²) < 4.78 is 11.2. The molecule has 2 atom stereocenters. The monoisotopic (exact) mass is 586 g/mol. The van der Waals surface area contributed by atoms with Gasteiger partial charge in [-0.25, -0.2) is 4.79 Å². The molecule has 2 rings (SSSR count). The zero-order chi connectivity index (χ0) is 31.3. The maximum absolute atomic E-state index is 12.9. The first-order valence-electron chi connectivity index (χ1n) is 15.6. The minimum absolute atomic E-state index is 0.195. The van der Waals surface area contributed by atoms with Crippen LogP contribution < -0.4 is 19.2 Å². The lowest BCUT2D eigenvalue weighted by atomic mass is 9.94. The van der Waals surface area contributed by atoms with E-state index in [-0.39, 0.29) is 11.5 Å². The fourth-order valence-electron chi connectivity index (χ4n) is 4.34. The number of rotatable bonds is 18. The van der Waals surface area contributed by atoms with Crippen LogP contribution in [0.15, 0.2) is 36.4 Å². The molecular formula is C35H54O7. The van der Waals surface area contributed by atoms with Crippen LogP contribution in [-0.4, -0.2) is 17.4 Å². The molecular weight excluding hydrogens is 532 g/mol. The van der Waals surface area contributed by atoms with Crippen LogP contribution in [0.25, 0.3) is 0 Å². The van der Waals surface area contributed by atoms with Crippen molar-refractivity contribution in [3.8, 4) is 23.0 Å². The second-order valence-corrected chi connectivity index (χ2v) is 12.9. The molecule has 0 fully saturated rings. The molecule has 0 spiro atoms. The molecule has 236 valence electrons. The Morgan fingerprint density at radius 3 is 1.38 bits per heavy atom. The molecule has 7 heteroatoms. The molecule has 0 aromatic heterocycles. The molecule has 0 bridgehead atoms. The summed E-state index contributed by atoms with van der Waals surface area (Å²) in [5, 5.41) is 0. The Morgan fingerprint density at radius 1 is 0.667 bits per heavy atom. The fraction of sp³-hybridized carbons (Fsp3) is 0.629. The predicted molar refractivity (Wildman–Crippen MR) is 167 cm³/mol. The van der Waals surface area contributed by atoms with Gasteiger partial charge in [-0.3, -0.25) is 0 Å². The highest BCUT2D eigenvalue weighted by atomic mass is 17.2. The van der Waals surface area contributed by atoms with Crippen molar-refractivity contribution < 1.29 is 33.8 Å². The van der Waals surface area contributed by atoms with Gasteiger partial charge in [0.25, 0.3) is 0 Å². The average molecular weight is 587 g/mol. The molecule has 42 heavy (non-hydrogen) atoms. The summed E-state index contributed by atoms with van der Waals surface area (Å²) in [6.07, 6.45) is 6.67. The Morgan fingerprint density at radius 2 is 1.05 bits per heavy atom. The van der Waals surface area contributed by atoms with Gasteiger partial charge in [0, 0.05) is 0 Å². The van der Waals surface area contributed by atoms with Crippen molar-refractivity contribution >= 4 is 6.16 Å². The third kappa shape index (κ3) is 12.2. The summed E-state index contributed by atoms with van der Waals surface area (Å²) in [5.74, 6) is 2.26. The highest BCUT2D eigenvalue weighted by Gasteiger charge is 2.28. The third-order valence-electron chi connectivity index (χ3n) is 7.72. The summed E-state index contributed by atoms with van der Waals surface area (Å²) >= 11 is 0. The maximum Gasteiger partial charge on any atom is 0.519 e. The number of hydrogen-bond acceptors (Lipinski definition) is 7. The number of benzene rings is 2. The number of carbonyl (C=O) groups is 1. The van der Waals surface area contributed by atoms with Crippen molar-refractivity contribution in [2.45, 2.75) is 132 Å². The summed E-state index contributed by atoms with van der Waals surface area (Å²) in [7, 11) is 0. The van der Waals surface area contributed by atoms with E-state index in [0.29, 0.717) is 23.3 Å². The van der Waals surface area contributed by atoms with Crippen molar-refractivity contribution in [2.24, 2.45) is 11.8 Å². The topological polar surface area (TPSA) is 72.5 Å². The van der Waals surface area contributed by atoms with E-state index < -0.39 is 17.4 Å². The van der Waals surface area contributed by atoms with E-state index in [0.717, 1.165) is 62.5 Å². The lowest BCUT2D eigenvalue weighted by Gasteiger charge is -2.27. The molecule has 0 heterocycles. The summed E-state index contributed by atoms with van der Waals surface area (Å²) in [6.45, 7) is 20.9. The molecule has 0 saturated heterocycles. The zero-order valence-corrected chi connectivity index (χ0v) is 27.6. The Labute approximate surface area is 254 Å². The van der Waals surface area contributed by atoms with E-state index in [1.54, 1.807) is 24.3 Å². The molecule has 0 saturated carbocycles. The van der Waals surface area contributed by atoms with Crippen LogP contribution in [0.2, 0.25) is 0 Å². The zero-order valence-electron chi connectivity index (χ0n) is 27.6. The van der Waals surface area contributed by atoms with Crippen LogP contribution in [0.4, 0.5) is 4.79 Å². The smallest absolute Gasteiger partial charge is 0.391 e. The molecule has 0 radical (unpaired) electrons. The van der Waals surface area contributed by atoms with E-state index in [1.807, 2.05) is 39.8 Å². The molecule has 2 aromatic carbocycles. The molecule has 0 aliphatic rings. The van der Waals surface area contributed by atoms with Crippen LogP contribution in [0.5, 0.6) is 23.0 Å². The van der Waals surface area contributed by atoms with Crippen LogP contribution in [0, 0.1) is 25.7 Å². The van der Waals surface area contributed by atoms with Crippen molar-refractivity contribution in [3.63, 3.8) is 0 Å². The van der Waals surface area contributed by atoms with E-state index in [9.17, 15) is 4.79 Å². The molecule has 2 unspecified atom stereocenters. The van der Waals surface area contributed by atoms with Crippen LogP contribution in [0.3, 0.4) is 0 Å². The van der Waals surface area contributed by atoms with Gasteiger partial charge in [-0.05, 0) is 101 Å². The molecule has 7 nitrogen and oxygen atoms in total. The normalized spacial score (nSPS) is 14.4. The van der Waals surface area contributed by atoms with Gasteiger partial charge in [-0.2, -0.15) is 9.78 Å². The van der Waals surface area contributed by atoms with E-state index in [2.05, 4.69) is 41.5 Å². The maximum atomic E-state index is 12.9. The van der Waals surface area contributed by atoms with Gasteiger partial charge in [0.1, 0.15) is 11.2 Å². The second-order valence-electron chi connectivity index (χ2n) is 12.9. The third-order valence-corrected chi connectivity index (χ3v) is 7.72. The Hall–Kier alpha value is -2.77. The van der Waals surface area contributed by atoms with Gasteiger partial charge in [0.05, 0.1) is 0 Å². The van der Waals surface area contributed by atoms with E-state index in [4.69, 9.17) is 29.0 Å². The largest absolute Gasteiger partial charge is 0.519 e.